The molecule has 0 heterocycles. The summed E-state index contributed by atoms with van der Waals surface area (Å²) in [4.78, 5) is 11.3. The molecule has 0 aromatic carbocycles. The second kappa shape index (κ2) is 10.1. The molecule has 0 radical (unpaired) electrons. The van der Waals surface area contributed by atoms with E-state index in [0.29, 0.717) is 26.2 Å². The van der Waals surface area contributed by atoms with Crippen molar-refractivity contribution in [1.29, 1.82) is 0 Å². The molecule has 2 unspecified atom stereocenters. The second-order valence-electron chi connectivity index (χ2n) is 5.73. The fourth-order valence-electron chi connectivity index (χ4n) is 2.08. The van der Waals surface area contributed by atoms with Crippen LogP contribution in [0, 0.1) is 0 Å². The Bertz CT molecular complexity index is 271. The average molecular weight is 289 g/mol. The summed E-state index contributed by atoms with van der Waals surface area (Å²) in [5.41, 5.74) is -0.856. The monoisotopic (exact) mass is 289 g/mol. The van der Waals surface area contributed by atoms with Crippen molar-refractivity contribution >= 4 is 5.97 Å². The molecule has 2 N–H and O–H groups in total. The third-order valence-corrected chi connectivity index (χ3v) is 3.11. The van der Waals surface area contributed by atoms with E-state index >= 15 is 0 Å². The highest BCUT2D eigenvalue weighted by atomic mass is 16.5. The quantitative estimate of drug-likeness (QED) is 0.540. The Balaban J connectivity index is 3.87. The smallest absolute Gasteiger partial charge is 0.323 e. The molecule has 0 rings (SSSR count). The van der Waals surface area contributed by atoms with Crippen LogP contribution in [0.4, 0.5) is 0 Å². The van der Waals surface area contributed by atoms with Crippen molar-refractivity contribution in [3.63, 3.8) is 0 Å². The molecule has 0 aliphatic carbocycles. The minimum Gasteiger partial charge on any atom is -0.480 e. The Hall–Kier alpha value is -0.650. The predicted molar refractivity (Wildman–Crippen MR) is 80.1 cm³/mol. The number of aliphatic carboxylic acids is 1. The summed E-state index contributed by atoms with van der Waals surface area (Å²) in [5, 5.41) is 12.4. The Kier molecular flexibility index (Phi) is 9.80. The molecule has 0 saturated heterocycles. The molecule has 0 amide bonds. The van der Waals surface area contributed by atoms with Gasteiger partial charge in [0.2, 0.25) is 0 Å². The zero-order valence-electron chi connectivity index (χ0n) is 13.6. The molecule has 2 atom stereocenters. The van der Waals surface area contributed by atoms with Crippen LogP contribution >= 0.6 is 0 Å². The lowest BCUT2D eigenvalue weighted by molar-refractivity contribution is -0.144. The van der Waals surface area contributed by atoms with Crippen LogP contribution in [-0.2, 0) is 14.3 Å². The first-order valence-electron chi connectivity index (χ1n) is 7.52. The van der Waals surface area contributed by atoms with Crippen molar-refractivity contribution in [2.75, 3.05) is 19.8 Å². The number of carbonyl (C=O) groups is 1. The van der Waals surface area contributed by atoms with E-state index in [0.717, 1.165) is 12.8 Å². The second-order valence-corrected chi connectivity index (χ2v) is 5.73. The van der Waals surface area contributed by atoms with Gasteiger partial charge in [0.15, 0.2) is 0 Å². The number of nitrogens with one attached hydrogen (secondary N) is 1. The van der Waals surface area contributed by atoms with Gasteiger partial charge in [0.25, 0.3) is 0 Å². The maximum Gasteiger partial charge on any atom is 0.323 e. The van der Waals surface area contributed by atoms with Crippen LogP contribution in [0.2, 0.25) is 0 Å². The van der Waals surface area contributed by atoms with E-state index in [4.69, 9.17) is 9.47 Å². The summed E-state index contributed by atoms with van der Waals surface area (Å²) in [5.74, 6) is -0.795. The molecule has 0 aromatic rings. The van der Waals surface area contributed by atoms with Crippen LogP contribution < -0.4 is 5.32 Å². The minimum absolute atomic E-state index is 0.0922. The third-order valence-electron chi connectivity index (χ3n) is 3.11. The molecule has 20 heavy (non-hydrogen) atoms. The Morgan fingerprint density at radius 2 is 1.95 bits per heavy atom. The lowest BCUT2D eigenvalue weighted by atomic mass is 9.94. The summed E-state index contributed by atoms with van der Waals surface area (Å²) in [6.07, 6.45) is 2.38. The van der Waals surface area contributed by atoms with Crippen molar-refractivity contribution in [3.8, 4) is 0 Å². The van der Waals surface area contributed by atoms with E-state index in [1.807, 2.05) is 27.7 Å². The zero-order chi connectivity index (χ0) is 15.6. The molecule has 0 aliphatic heterocycles. The number of hydrogen-bond donors (Lipinski definition) is 2. The van der Waals surface area contributed by atoms with Gasteiger partial charge in [-0.3, -0.25) is 10.1 Å². The van der Waals surface area contributed by atoms with Gasteiger partial charge in [-0.05, 0) is 53.9 Å². The summed E-state index contributed by atoms with van der Waals surface area (Å²) in [6, 6.07) is 0.151. The molecule has 0 fully saturated rings. The number of unbranched alkanes of at least 4 members (excludes halogenated alkanes) is 1. The van der Waals surface area contributed by atoms with Crippen molar-refractivity contribution in [2.45, 2.75) is 71.6 Å². The van der Waals surface area contributed by atoms with Gasteiger partial charge < -0.3 is 14.6 Å². The molecular formula is C15H31NO4. The third kappa shape index (κ3) is 8.51. The number of rotatable bonds is 12. The van der Waals surface area contributed by atoms with E-state index in [9.17, 15) is 9.90 Å². The first-order chi connectivity index (χ1) is 9.31. The summed E-state index contributed by atoms with van der Waals surface area (Å²) >= 11 is 0. The summed E-state index contributed by atoms with van der Waals surface area (Å²) in [7, 11) is 0. The van der Waals surface area contributed by atoms with E-state index < -0.39 is 11.5 Å². The average Bonchev–Trinajstić information content (AvgIpc) is 2.34. The Labute approximate surface area is 123 Å². The highest BCUT2D eigenvalue weighted by Crippen LogP contribution is 2.15. The number of carboxylic acid groups (broad SMARTS) is 1. The molecule has 0 saturated carbocycles. The topological polar surface area (TPSA) is 67.8 Å². The molecular weight excluding hydrogens is 258 g/mol. The van der Waals surface area contributed by atoms with Gasteiger partial charge in [0.05, 0.1) is 12.7 Å². The molecule has 0 aliphatic rings. The number of ether oxygens (including phenoxy) is 2. The van der Waals surface area contributed by atoms with E-state index in [2.05, 4.69) is 5.32 Å². The lowest BCUT2D eigenvalue weighted by Crippen LogP contribution is -2.52. The van der Waals surface area contributed by atoms with Gasteiger partial charge in [-0.2, -0.15) is 0 Å². The van der Waals surface area contributed by atoms with Crippen LogP contribution in [0.5, 0.6) is 0 Å². The molecule has 5 heteroatoms. The first-order valence-corrected chi connectivity index (χ1v) is 7.52. The number of hydrogen-bond acceptors (Lipinski definition) is 4. The predicted octanol–water partition coefficient (Wildman–Crippen LogP) is 2.44. The summed E-state index contributed by atoms with van der Waals surface area (Å²) in [6.45, 7) is 11.6. The van der Waals surface area contributed by atoms with Crippen molar-refractivity contribution in [3.05, 3.63) is 0 Å². The van der Waals surface area contributed by atoms with Gasteiger partial charge in [-0.15, -0.1) is 0 Å². The molecule has 0 bridgehead atoms. The Morgan fingerprint density at radius 1 is 1.30 bits per heavy atom. The van der Waals surface area contributed by atoms with Crippen LogP contribution in [0.15, 0.2) is 0 Å². The van der Waals surface area contributed by atoms with Crippen LogP contribution in [0.1, 0.15) is 53.9 Å². The maximum atomic E-state index is 11.3. The number of carboxylic acids is 1. The van der Waals surface area contributed by atoms with Crippen molar-refractivity contribution in [1.82, 2.24) is 5.32 Å². The molecule has 5 nitrogen and oxygen atoms in total. The molecule has 0 aromatic heterocycles. The first kappa shape index (κ1) is 19.4. The van der Waals surface area contributed by atoms with E-state index in [-0.39, 0.29) is 12.1 Å². The SMILES string of the molecule is CCOCC(C)OCCCCC(C)(NC(C)C)C(=O)O. The van der Waals surface area contributed by atoms with Gasteiger partial charge in [0.1, 0.15) is 5.54 Å². The Morgan fingerprint density at radius 3 is 2.45 bits per heavy atom. The highest BCUT2D eigenvalue weighted by molar-refractivity contribution is 5.78. The summed E-state index contributed by atoms with van der Waals surface area (Å²) < 4.78 is 10.9. The standard InChI is InChI=1S/C15H31NO4/c1-6-19-11-13(4)20-10-8-7-9-15(5,14(17)18)16-12(2)3/h12-13,16H,6-11H2,1-5H3,(H,17,18). The van der Waals surface area contributed by atoms with Crippen LogP contribution in [-0.4, -0.2) is 48.6 Å². The lowest BCUT2D eigenvalue weighted by Gasteiger charge is -2.28. The van der Waals surface area contributed by atoms with Gasteiger partial charge in [-0.25, -0.2) is 0 Å². The van der Waals surface area contributed by atoms with E-state index in [1.54, 1.807) is 6.92 Å². The van der Waals surface area contributed by atoms with E-state index in [1.165, 1.54) is 0 Å². The zero-order valence-corrected chi connectivity index (χ0v) is 13.6. The van der Waals surface area contributed by atoms with Crippen molar-refractivity contribution in [2.24, 2.45) is 0 Å². The highest BCUT2D eigenvalue weighted by Gasteiger charge is 2.32. The van der Waals surface area contributed by atoms with Gasteiger partial charge in [0, 0.05) is 19.3 Å². The fraction of sp³-hybridized carbons (Fsp3) is 0.933. The van der Waals surface area contributed by atoms with Crippen LogP contribution in [0.25, 0.3) is 0 Å². The largest absolute Gasteiger partial charge is 0.480 e. The fourth-order valence-corrected chi connectivity index (χ4v) is 2.08. The minimum atomic E-state index is -0.856. The normalized spacial score (nSPS) is 16.1. The van der Waals surface area contributed by atoms with Gasteiger partial charge >= 0.3 is 5.97 Å². The van der Waals surface area contributed by atoms with Crippen LogP contribution in [0.3, 0.4) is 0 Å². The van der Waals surface area contributed by atoms with Gasteiger partial charge in [-0.1, -0.05) is 0 Å². The van der Waals surface area contributed by atoms with Crippen molar-refractivity contribution < 1.29 is 19.4 Å². The molecule has 0 spiro atoms. The maximum absolute atomic E-state index is 11.3. The molecule has 120 valence electrons.